The average Bonchev–Trinajstić information content (AvgIpc) is 2.72. The van der Waals surface area contributed by atoms with Crippen molar-refractivity contribution in [3.8, 4) is 0 Å². The highest BCUT2D eigenvalue weighted by Gasteiger charge is 2.13. The van der Waals surface area contributed by atoms with Crippen molar-refractivity contribution in [1.82, 2.24) is 15.4 Å². The predicted molar refractivity (Wildman–Crippen MR) is 112 cm³/mol. The van der Waals surface area contributed by atoms with E-state index in [4.69, 9.17) is 4.74 Å². The second-order valence-corrected chi connectivity index (χ2v) is 8.00. The molecule has 0 saturated heterocycles. The first-order valence-electron chi connectivity index (χ1n) is 9.21. The number of benzene rings is 2. The first-order chi connectivity index (χ1) is 14.0. The lowest BCUT2D eigenvalue weighted by atomic mass is 10.1. The Morgan fingerprint density at radius 3 is 2.62 bits per heavy atom. The van der Waals surface area contributed by atoms with Gasteiger partial charge >= 0.3 is 0 Å². The van der Waals surface area contributed by atoms with Crippen LogP contribution in [0, 0.1) is 5.82 Å². The molecule has 2 rings (SSSR count). The van der Waals surface area contributed by atoms with E-state index >= 15 is 0 Å². The number of methoxy groups -OCH3 is 1. The molecule has 0 spiro atoms. The Morgan fingerprint density at radius 1 is 1.10 bits per heavy atom. The Bertz CT molecular complexity index is 919. The molecule has 0 aliphatic rings. The van der Waals surface area contributed by atoms with E-state index in [0.29, 0.717) is 37.6 Å². The van der Waals surface area contributed by atoms with Crippen molar-refractivity contribution in [2.45, 2.75) is 17.9 Å². The molecule has 0 aromatic heterocycles. The van der Waals surface area contributed by atoms with Gasteiger partial charge in [0, 0.05) is 33.8 Å². The highest BCUT2D eigenvalue weighted by atomic mass is 32.2. The van der Waals surface area contributed by atoms with E-state index < -0.39 is 10.0 Å². The number of nitrogens with one attached hydrogen (secondary N) is 3. The van der Waals surface area contributed by atoms with Gasteiger partial charge in [-0.2, -0.15) is 0 Å². The molecule has 0 heterocycles. The summed E-state index contributed by atoms with van der Waals surface area (Å²) in [7, 11) is -0.438. The normalized spacial score (nSPS) is 12.0. The molecule has 0 atom stereocenters. The maximum Gasteiger partial charge on any atom is 0.240 e. The zero-order chi connectivity index (χ0) is 21.1. The third kappa shape index (κ3) is 7.45. The van der Waals surface area contributed by atoms with Crippen molar-refractivity contribution >= 4 is 16.0 Å². The van der Waals surface area contributed by atoms with Crippen molar-refractivity contribution in [2.24, 2.45) is 4.99 Å². The van der Waals surface area contributed by atoms with E-state index in [-0.39, 0.29) is 17.3 Å². The minimum atomic E-state index is -3.59. The first kappa shape index (κ1) is 22.8. The summed E-state index contributed by atoms with van der Waals surface area (Å²) in [5.41, 5.74) is 1.42. The van der Waals surface area contributed by atoms with Crippen LogP contribution in [0.15, 0.2) is 58.4 Å². The summed E-state index contributed by atoms with van der Waals surface area (Å²) in [5.74, 6) is 0.321. The number of sulfonamides is 1. The summed E-state index contributed by atoms with van der Waals surface area (Å²) >= 11 is 0. The molecule has 0 amide bonds. The molecule has 0 aliphatic carbocycles. The van der Waals surface area contributed by atoms with Gasteiger partial charge in [0.05, 0.1) is 11.5 Å². The summed E-state index contributed by atoms with van der Waals surface area (Å²) < 4.78 is 45.6. The number of nitrogens with zero attached hydrogens (tertiary/aromatic N) is 1. The molecule has 9 heteroatoms. The van der Waals surface area contributed by atoms with Crippen LogP contribution >= 0.6 is 0 Å². The van der Waals surface area contributed by atoms with Crippen LogP contribution in [0.5, 0.6) is 0 Å². The second-order valence-electron chi connectivity index (χ2n) is 6.23. The van der Waals surface area contributed by atoms with Crippen LogP contribution in [0.3, 0.4) is 0 Å². The number of hydrogen-bond acceptors (Lipinski definition) is 4. The van der Waals surface area contributed by atoms with E-state index in [2.05, 4.69) is 20.3 Å². The molecule has 0 saturated carbocycles. The Morgan fingerprint density at radius 2 is 1.90 bits per heavy atom. The summed E-state index contributed by atoms with van der Waals surface area (Å²) in [5, 5.41) is 6.25. The molecular weight excluding hydrogens is 395 g/mol. The quantitative estimate of drug-likeness (QED) is 0.308. The van der Waals surface area contributed by atoms with Gasteiger partial charge in [0.2, 0.25) is 10.0 Å². The molecule has 29 heavy (non-hydrogen) atoms. The molecule has 0 aliphatic heterocycles. The summed E-state index contributed by atoms with van der Waals surface area (Å²) in [6.45, 7) is 1.41. The van der Waals surface area contributed by atoms with E-state index in [1.807, 2.05) is 6.07 Å². The van der Waals surface area contributed by atoms with Gasteiger partial charge < -0.3 is 15.4 Å². The highest BCUT2D eigenvalue weighted by molar-refractivity contribution is 7.89. The lowest BCUT2D eigenvalue weighted by Gasteiger charge is -2.13. The van der Waals surface area contributed by atoms with Crippen LogP contribution in [0.1, 0.15) is 11.1 Å². The standard InChI is InChI=1S/C20H27FN4O3S/c1-22-20(23-11-10-17-7-3-4-9-19(17)21)24-15-16-6-5-8-18(14-16)29(26,27)25-12-13-28-2/h3-9,14,25H,10-13,15H2,1-2H3,(H2,22,23,24). The van der Waals surface area contributed by atoms with Crippen LogP contribution in [-0.2, 0) is 27.7 Å². The van der Waals surface area contributed by atoms with Crippen LogP contribution in [0.2, 0.25) is 0 Å². The fraction of sp³-hybridized carbons (Fsp3) is 0.350. The van der Waals surface area contributed by atoms with E-state index in [1.54, 1.807) is 43.4 Å². The highest BCUT2D eigenvalue weighted by Crippen LogP contribution is 2.11. The molecule has 0 radical (unpaired) electrons. The monoisotopic (exact) mass is 422 g/mol. The van der Waals surface area contributed by atoms with E-state index in [1.165, 1.54) is 13.2 Å². The van der Waals surface area contributed by atoms with Gasteiger partial charge in [-0.25, -0.2) is 17.5 Å². The number of aliphatic imine (C=N–C) groups is 1. The third-order valence-electron chi connectivity index (χ3n) is 4.14. The second kappa shape index (κ2) is 11.5. The fourth-order valence-electron chi connectivity index (χ4n) is 2.61. The third-order valence-corrected chi connectivity index (χ3v) is 5.59. The van der Waals surface area contributed by atoms with Crippen molar-refractivity contribution in [2.75, 3.05) is 33.9 Å². The minimum Gasteiger partial charge on any atom is -0.383 e. The van der Waals surface area contributed by atoms with Crippen molar-refractivity contribution in [1.29, 1.82) is 0 Å². The summed E-state index contributed by atoms with van der Waals surface area (Å²) in [4.78, 5) is 4.32. The zero-order valence-corrected chi connectivity index (χ0v) is 17.4. The minimum absolute atomic E-state index is 0.190. The van der Waals surface area contributed by atoms with Gasteiger partial charge in [-0.15, -0.1) is 0 Å². The first-order valence-corrected chi connectivity index (χ1v) is 10.7. The molecular formula is C20H27FN4O3S. The molecule has 0 unspecified atom stereocenters. The fourth-order valence-corrected chi connectivity index (χ4v) is 3.69. The largest absolute Gasteiger partial charge is 0.383 e. The smallest absolute Gasteiger partial charge is 0.240 e. The summed E-state index contributed by atoms with van der Waals surface area (Å²) in [6.07, 6.45) is 0.522. The number of halogens is 1. The van der Waals surface area contributed by atoms with E-state index in [9.17, 15) is 12.8 Å². The Kier molecular flexibility index (Phi) is 9.04. The van der Waals surface area contributed by atoms with Crippen molar-refractivity contribution in [3.63, 3.8) is 0 Å². The molecule has 7 nitrogen and oxygen atoms in total. The van der Waals surface area contributed by atoms with Gasteiger partial charge in [-0.3, -0.25) is 4.99 Å². The van der Waals surface area contributed by atoms with Gasteiger partial charge in [0.15, 0.2) is 5.96 Å². The molecule has 2 aromatic rings. The number of rotatable bonds is 10. The number of ether oxygens (including phenoxy) is 1. The lowest BCUT2D eigenvalue weighted by Crippen LogP contribution is -2.38. The van der Waals surface area contributed by atoms with Crippen LogP contribution in [-0.4, -0.2) is 48.2 Å². The number of guanidine groups is 1. The summed E-state index contributed by atoms with van der Waals surface area (Å²) in [6, 6.07) is 13.3. The Hall–Kier alpha value is -2.49. The van der Waals surface area contributed by atoms with Crippen molar-refractivity contribution in [3.05, 3.63) is 65.5 Å². The Balaban J connectivity index is 1.88. The van der Waals surface area contributed by atoms with Gasteiger partial charge in [0.25, 0.3) is 0 Å². The SMILES string of the molecule is CN=C(NCCc1ccccc1F)NCc1cccc(S(=O)(=O)NCCOC)c1. The van der Waals surface area contributed by atoms with Crippen LogP contribution in [0.4, 0.5) is 4.39 Å². The van der Waals surface area contributed by atoms with Gasteiger partial charge in [-0.1, -0.05) is 30.3 Å². The predicted octanol–water partition coefficient (Wildman–Crippen LogP) is 1.66. The zero-order valence-electron chi connectivity index (χ0n) is 16.6. The number of hydrogen-bond donors (Lipinski definition) is 3. The molecule has 2 aromatic carbocycles. The molecule has 0 fully saturated rings. The van der Waals surface area contributed by atoms with Gasteiger partial charge in [0.1, 0.15) is 5.82 Å². The maximum atomic E-state index is 13.7. The van der Waals surface area contributed by atoms with Crippen molar-refractivity contribution < 1.29 is 17.5 Å². The average molecular weight is 423 g/mol. The van der Waals surface area contributed by atoms with Gasteiger partial charge in [-0.05, 0) is 35.7 Å². The molecule has 3 N–H and O–H groups in total. The maximum absolute atomic E-state index is 13.7. The Labute approximate surface area is 171 Å². The molecule has 0 bridgehead atoms. The molecule has 158 valence electrons. The van der Waals surface area contributed by atoms with Crippen LogP contribution < -0.4 is 15.4 Å². The van der Waals surface area contributed by atoms with E-state index in [0.717, 1.165) is 5.56 Å². The van der Waals surface area contributed by atoms with Crippen LogP contribution in [0.25, 0.3) is 0 Å². The lowest BCUT2D eigenvalue weighted by molar-refractivity contribution is 0.204. The topological polar surface area (TPSA) is 91.8 Å².